The summed E-state index contributed by atoms with van der Waals surface area (Å²) < 4.78 is 15.7. The Kier molecular flexibility index (Phi) is 6.14. The van der Waals surface area contributed by atoms with Crippen LogP contribution in [0, 0.1) is 0 Å². The fourth-order valence-electron chi connectivity index (χ4n) is 1.50. The molecule has 1 rings (SSSR count). The first-order chi connectivity index (χ1) is 7.74. The Balaban J connectivity index is 2.17. The molecule has 6 nitrogen and oxygen atoms in total. The molecule has 0 aromatic heterocycles. The van der Waals surface area contributed by atoms with E-state index in [1.54, 1.807) is 7.11 Å². The van der Waals surface area contributed by atoms with Crippen molar-refractivity contribution in [2.24, 2.45) is 0 Å². The molecule has 0 bridgehead atoms. The number of hydrogen-bond acceptors (Lipinski definition) is 4. The molecule has 0 saturated carbocycles. The van der Waals surface area contributed by atoms with Crippen molar-refractivity contribution in [1.82, 2.24) is 4.90 Å². The molecule has 1 aliphatic heterocycles. The molecule has 1 fully saturated rings. The van der Waals surface area contributed by atoms with Gasteiger partial charge in [0.25, 0.3) is 0 Å². The third-order valence-corrected chi connectivity index (χ3v) is 2.44. The number of methoxy groups -OCH3 is 1. The summed E-state index contributed by atoms with van der Waals surface area (Å²) in [5.41, 5.74) is 0. The SMILES string of the molecule is COCCOCC1CCN(C(=O)O)CCO1. The molecular weight excluding hydrogens is 214 g/mol. The van der Waals surface area contributed by atoms with Gasteiger partial charge >= 0.3 is 6.09 Å². The van der Waals surface area contributed by atoms with Gasteiger partial charge in [0.2, 0.25) is 0 Å². The van der Waals surface area contributed by atoms with Crippen LogP contribution in [0.4, 0.5) is 4.79 Å². The standard InChI is InChI=1S/C10H19NO5/c1-14-6-7-15-8-9-2-3-11(10(12)13)4-5-16-9/h9H,2-8H2,1H3,(H,12,13). The predicted octanol–water partition coefficient (Wildman–Crippen LogP) is 0.418. The van der Waals surface area contributed by atoms with E-state index in [9.17, 15) is 4.79 Å². The smallest absolute Gasteiger partial charge is 0.407 e. The highest BCUT2D eigenvalue weighted by Gasteiger charge is 2.20. The van der Waals surface area contributed by atoms with Crippen molar-refractivity contribution < 1.29 is 24.1 Å². The highest BCUT2D eigenvalue weighted by molar-refractivity contribution is 5.64. The van der Waals surface area contributed by atoms with E-state index in [0.29, 0.717) is 45.9 Å². The van der Waals surface area contributed by atoms with Gasteiger partial charge in [-0.25, -0.2) is 4.79 Å². The Morgan fingerprint density at radius 3 is 3.00 bits per heavy atom. The summed E-state index contributed by atoms with van der Waals surface area (Å²) in [7, 11) is 1.62. The van der Waals surface area contributed by atoms with Crippen molar-refractivity contribution in [3.05, 3.63) is 0 Å². The molecular formula is C10H19NO5. The quantitative estimate of drug-likeness (QED) is 0.697. The second-order valence-corrected chi connectivity index (χ2v) is 3.62. The zero-order chi connectivity index (χ0) is 11.8. The topological polar surface area (TPSA) is 68.2 Å². The Bertz CT molecular complexity index is 211. The van der Waals surface area contributed by atoms with E-state index < -0.39 is 6.09 Å². The summed E-state index contributed by atoms with van der Waals surface area (Å²) in [6, 6.07) is 0. The van der Waals surface area contributed by atoms with Crippen LogP contribution in [0.3, 0.4) is 0 Å². The molecule has 1 amide bonds. The molecule has 1 aliphatic rings. The third-order valence-electron chi connectivity index (χ3n) is 2.44. The van der Waals surface area contributed by atoms with E-state index in [2.05, 4.69) is 0 Å². The molecule has 1 saturated heterocycles. The summed E-state index contributed by atoms with van der Waals surface area (Å²) in [5.74, 6) is 0. The molecule has 1 heterocycles. The van der Waals surface area contributed by atoms with Crippen LogP contribution in [0.15, 0.2) is 0 Å². The number of carbonyl (C=O) groups is 1. The molecule has 0 aliphatic carbocycles. The molecule has 1 unspecified atom stereocenters. The Labute approximate surface area is 95.1 Å². The molecule has 0 aromatic carbocycles. The fourth-order valence-corrected chi connectivity index (χ4v) is 1.50. The predicted molar refractivity (Wildman–Crippen MR) is 56.6 cm³/mol. The van der Waals surface area contributed by atoms with Crippen molar-refractivity contribution in [3.63, 3.8) is 0 Å². The number of rotatable bonds is 5. The minimum Gasteiger partial charge on any atom is -0.465 e. The van der Waals surface area contributed by atoms with Crippen LogP contribution < -0.4 is 0 Å². The second kappa shape index (κ2) is 7.43. The van der Waals surface area contributed by atoms with Gasteiger partial charge in [0.05, 0.1) is 32.5 Å². The van der Waals surface area contributed by atoms with E-state index in [4.69, 9.17) is 19.3 Å². The summed E-state index contributed by atoms with van der Waals surface area (Å²) >= 11 is 0. The third kappa shape index (κ3) is 4.78. The highest BCUT2D eigenvalue weighted by Crippen LogP contribution is 2.07. The molecule has 0 aromatic rings. The zero-order valence-electron chi connectivity index (χ0n) is 9.55. The highest BCUT2D eigenvalue weighted by atomic mass is 16.5. The van der Waals surface area contributed by atoms with E-state index in [0.717, 1.165) is 0 Å². The Morgan fingerprint density at radius 2 is 2.31 bits per heavy atom. The van der Waals surface area contributed by atoms with Crippen LogP contribution in [-0.4, -0.2) is 68.8 Å². The maximum atomic E-state index is 10.7. The van der Waals surface area contributed by atoms with Gasteiger partial charge in [-0.1, -0.05) is 0 Å². The minimum absolute atomic E-state index is 0.0128. The summed E-state index contributed by atoms with van der Waals surface area (Å²) in [4.78, 5) is 12.1. The van der Waals surface area contributed by atoms with Gasteiger partial charge in [-0.3, -0.25) is 0 Å². The largest absolute Gasteiger partial charge is 0.465 e. The van der Waals surface area contributed by atoms with Crippen molar-refractivity contribution >= 4 is 6.09 Å². The molecule has 6 heteroatoms. The van der Waals surface area contributed by atoms with Gasteiger partial charge in [0.1, 0.15) is 0 Å². The van der Waals surface area contributed by atoms with Gasteiger partial charge in [-0.2, -0.15) is 0 Å². The number of ether oxygens (including phenoxy) is 3. The first-order valence-corrected chi connectivity index (χ1v) is 5.40. The van der Waals surface area contributed by atoms with E-state index in [1.165, 1.54) is 4.90 Å². The summed E-state index contributed by atoms with van der Waals surface area (Å²) in [6.07, 6.45) is -0.218. The summed E-state index contributed by atoms with van der Waals surface area (Å²) in [5, 5.41) is 8.82. The van der Waals surface area contributed by atoms with Gasteiger partial charge in [-0.15, -0.1) is 0 Å². The first-order valence-electron chi connectivity index (χ1n) is 5.40. The maximum Gasteiger partial charge on any atom is 0.407 e. The van der Waals surface area contributed by atoms with Gasteiger partial charge < -0.3 is 24.2 Å². The molecule has 16 heavy (non-hydrogen) atoms. The number of amides is 1. The van der Waals surface area contributed by atoms with Crippen LogP contribution in [0.1, 0.15) is 6.42 Å². The average Bonchev–Trinajstić information content (AvgIpc) is 2.50. The molecule has 1 atom stereocenters. The van der Waals surface area contributed by atoms with E-state index in [-0.39, 0.29) is 6.10 Å². The van der Waals surface area contributed by atoms with Gasteiger partial charge in [0.15, 0.2) is 0 Å². The molecule has 94 valence electrons. The Morgan fingerprint density at radius 1 is 1.50 bits per heavy atom. The van der Waals surface area contributed by atoms with Crippen LogP contribution >= 0.6 is 0 Å². The number of hydrogen-bond donors (Lipinski definition) is 1. The van der Waals surface area contributed by atoms with Gasteiger partial charge in [0, 0.05) is 20.2 Å². The van der Waals surface area contributed by atoms with Crippen molar-refractivity contribution in [2.75, 3.05) is 46.6 Å². The lowest BCUT2D eigenvalue weighted by molar-refractivity contribution is -0.0220. The summed E-state index contributed by atoms with van der Waals surface area (Å²) in [6.45, 7) is 2.98. The van der Waals surface area contributed by atoms with Crippen LogP contribution in [0.5, 0.6) is 0 Å². The monoisotopic (exact) mass is 233 g/mol. The second-order valence-electron chi connectivity index (χ2n) is 3.62. The van der Waals surface area contributed by atoms with Crippen LogP contribution in [0.2, 0.25) is 0 Å². The average molecular weight is 233 g/mol. The number of nitrogens with zero attached hydrogens (tertiary/aromatic N) is 1. The minimum atomic E-state index is -0.885. The zero-order valence-corrected chi connectivity index (χ0v) is 9.55. The molecule has 0 radical (unpaired) electrons. The fraction of sp³-hybridized carbons (Fsp3) is 0.900. The lowest BCUT2D eigenvalue weighted by Gasteiger charge is -2.15. The number of carboxylic acid groups (broad SMARTS) is 1. The van der Waals surface area contributed by atoms with E-state index >= 15 is 0 Å². The maximum absolute atomic E-state index is 10.7. The van der Waals surface area contributed by atoms with Crippen LogP contribution in [0.25, 0.3) is 0 Å². The van der Waals surface area contributed by atoms with E-state index in [1.807, 2.05) is 0 Å². The first kappa shape index (κ1) is 13.2. The van der Waals surface area contributed by atoms with Crippen molar-refractivity contribution in [3.8, 4) is 0 Å². The van der Waals surface area contributed by atoms with Crippen LogP contribution in [-0.2, 0) is 14.2 Å². The molecule has 0 spiro atoms. The van der Waals surface area contributed by atoms with Crippen molar-refractivity contribution in [1.29, 1.82) is 0 Å². The van der Waals surface area contributed by atoms with Crippen molar-refractivity contribution in [2.45, 2.75) is 12.5 Å². The lowest BCUT2D eigenvalue weighted by Crippen LogP contribution is -2.31. The molecule has 1 N–H and O–H groups in total. The Hall–Kier alpha value is -0.850. The lowest BCUT2D eigenvalue weighted by atomic mass is 10.2. The van der Waals surface area contributed by atoms with Gasteiger partial charge in [-0.05, 0) is 6.42 Å². The normalized spacial score (nSPS) is 21.8.